The molecular weight excluding hydrogens is 388 g/mol. The average molecular weight is 408 g/mol. The summed E-state index contributed by atoms with van der Waals surface area (Å²) in [5.41, 5.74) is 1.87. The molecule has 1 atom stereocenters. The van der Waals surface area contributed by atoms with Crippen molar-refractivity contribution in [3.8, 4) is 17.2 Å². The molecule has 1 N–H and O–H groups in total. The van der Waals surface area contributed by atoms with Crippen molar-refractivity contribution >= 4 is 23.0 Å². The van der Waals surface area contributed by atoms with Crippen LogP contribution in [0.5, 0.6) is 17.2 Å². The quantitative estimate of drug-likeness (QED) is 0.677. The fraction of sp³-hybridized carbons (Fsp3) is 0.182. The zero-order chi connectivity index (χ0) is 20.4. The molecule has 0 saturated heterocycles. The number of aromatic hydroxyl groups is 1. The Hall–Kier alpha value is -3.32. The van der Waals surface area contributed by atoms with Crippen molar-refractivity contribution in [1.82, 2.24) is 5.01 Å². The fourth-order valence-corrected chi connectivity index (χ4v) is 4.11. The van der Waals surface area contributed by atoms with Gasteiger partial charge in [-0.1, -0.05) is 24.3 Å². The molecule has 0 spiro atoms. The number of hydrazone groups is 1. The van der Waals surface area contributed by atoms with Gasteiger partial charge in [-0.25, -0.2) is 5.01 Å². The average Bonchev–Trinajstić information content (AvgIpc) is 3.43. The molecule has 1 amide bonds. The number of ether oxygens (including phenoxy) is 2. The van der Waals surface area contributed by atoms with Gasteiger partial charge in [0.1, 0.15) is 5.75 Å². The Morgan fingerprint density at radius 3 is 2.69 bits per heavy atom. The number of carbonyl (C=O) groups is 1. The van der Waals surface area contributed by atoms with Crippen LogP contribution in [0.4, 0.5) is 0 Å². The molecule has 148 valence electrons. The summed E-state index contributed by atoms with van der Waals surface area (Å²) in [6, 6.07) is 15.7. The van der Waals surface area contributed by atoms with Crippen molar-refractivity contribution in [2.24, 2.45) is 5.10 Å². The Bertz CT molecular complexity index is 1060. The molecule has 2 heterocycles. The van der Waals surface area contributed by atoms with Gasteiger partial charge in [-0.15, -0.1) is 11.3 Å². The molecule has 1 aliphatic heterocycles. The van der Waals surface area contributed by atoms with E-state index < -0.39 is 6.04 Å². The van der Waals surface area contributed by atoms with E-state index in [1.807, 2.05) is 17.5 Å². The molecule has 0 fully saturated rings. The lowest BCUT2D eigenvalue weighted by Gasteiger charge is -2.23. The second-order valence-electron chi connectivity index (χ2n) is 6.52. The lowest BCUT2D eigenvalue weighted by Crippen LogP contribution is -2.27. The number of benzene rings is 2. The SMILES string of the molecule is COc1cccc(C(=O)N2N=C(c3cccs3)C[C@@H]2c2cccc(OC)c2O)c1. The molecule has 0 radical (unpaired) electrons. The number of methoxy groups -OCH3 is 2. The molecular formula is C22H20N2O4S. The molecule has 2 aromatic carbocycles. The van der Waals surface area contributed by atoms with Crippen molar-refractivity contribution in [2.75, 3.05) is 14.2 Å². The molecule has 0 unspecified atom stereocenters. The van der Waals surface area contributed by atoms with Gasteiger partial charge >= 0.3 is 0 Å². The van der Waals surface area contributed by atoms with Crippen molar-refractivity contribution in [2.45, 2.75) is 12.5 Å². The van der Waals surface area contributed by atoms with Gasteiger partial charge in [-0.2, -0.15) is 5.10 Å². The van der Waals surface area contributed by atoms with Crippen molar-refractivity contribution < 1.29 is 19.4 Å². The van der Waals surface area contributed by atoms with Gasteiger partial charge < -0.3 is 14.6 Å². The van der Waals surface area contributed by atoms with Gasteiger partial charge in [-0.05, 0) is 35.7 Å². The second-order valence-corrected chi connectivity index (χ2v) is 7.47. The molecule has 3 aromatic rings. The number of hydrogen-bond donors (Lipinski definition) is 1. The van der Waals surface area contributed by atoms with Gasteiger partial charge in [-0.3, -0.25) is 4.79 Å². The maximum Gasteiger partial charge on any atom is 0.274 e. The van der Waals surface area contributed by atoms with Crippen LogP contribution in [0.15, 0.2) is 65.1 Å². The van der Waals surface area contributed by atoms with E-state index in [4.69, 9.17) is 9.47 Å². The van der Waals surface area contributed by atoms with Crippen LogP contribution in [0, 0.1) is 0 Å². The number of hydrogen-bond acceptors (Lipinski definition) is 6. The zero-order valence-electron chi connectivity index (χ0n) is 16.0. The summed E-state index contributed by atoms with van der Waals surface area (Å²) in [6.07, 6.45) is 0.497. The topological polar surface area (TPSA) is 71.4 Å². The monoisotopic (exact) mass is 408 g/mol. The van der Waals surface area contributed by atoms with Gasteiger partial charge in [0.15, 0.2) is 11.5 Å². The largest absolute Gasteiger partial charge is 0.504 e. The second kappa shape index (κ2) is 7.97. The van der Waals surface area contributed by atoms with Crippen LogP contribution in [-0.2, 0) is 0 Å². The van der Waals surface area contributed by atoms with Crippen molar-refractivity contribution in [3.63, 3.8) is 0 Å². The van der Waals surface area contributed by atoms with E-state index in [-0.39, 0.29) is 11.7 Å². The molecule has 1 aromatic heterocycles. The van der Waals surface area contributed by atoms with E-state index in [1.54, 1.807) is 60.9 Å². The standard InChI is InChI=1S/C22H20N2O4S/c1-27-15-7-3-6-14(12-15)22(26)24-18(13-17(23-24)20-10-5-11-29-20)16-8-4-9-19(28-2)21(16)25/h3-12,18,25H,13H2,1-2H3/t18-/m1/s1. The van der Waals surface area contributed by atoms with E-state index >= 15 is 0 Å². The maximum atomic E-state index is 13.3. The molecule has 29 heavy (non-hydrogen) atoms. The highest BCUT2D eigenvalue weighted by molar-refractivity contribution is 7.12. The molecule has 0 aliphatic carbocycles. The molecule has 0 bridgehead atoms. The highest BCUT2D eigenvalue weighted by Crippen LogP contribution is 2.42. The number of rotatable bonds is 5. The first kappa shape index (κ1) is 19.0. The summed E-state index contributed by atoms with van der Waals surface area (Å²) in [4.78, 5) is 14.3. The molecule has 6 nitrogen and oxygen atoms in total. The van der Waals surface area contributed by atoms with E-state index in [2.05, 4.69) is 5.10 Å². The molecule has 7 heteroatoms. The first-order chi connectivity index (χ1) is 14.1. The van der Waals surface area contributed by atoms with Crippen molar-refractivity contribution in [1.29, 1.82) is 0 Å². The number of carbonyl (C=O) groups excluding carboxylic acids is 1. The van der Waals surface area contributed by atoms with E-state index in [0.717, 1.165) is 10.6 Å². The minimum Gasteiger partial charge on any atom is -0.504 e. The number of phenolic OH excluding ortho intramolecular Hbond substituents is 1. The highest BCUT2D eigenvalue weighted by atomic mass is 32.1. The Labute approximate surface area is 172 Å². The summed E-state index contributed by atoms with van der Waals surface area (Å²) >= 11 is 1.57. The fourth-order valence-electron chi connectivity index (χ4n) is 3.39. The smallest absolute Gasteiger partial charge is 0.274 e. The number of phenols is 1. The Morgan fingerprint density at radius 1 is 1.14 bits per heavy atom. The van der Waals surface area contributed by atoms with Crippen LogP contribution in [0.1, 0.15) is 33.3 Å². The lowest BCUT2D eigenvalue weighted by molar-refractivity contribution is 0.0709. The zero-order valence-corrected chi connectivity index (χ0v) is 16.8. The van der Waals surface area contributed by atoms with Crippen LogP contribution in [0.3, 0.4) is 0 Å². The number of thiophene rings is 1. The van der Waals surface area contributed by atoms with E-state index in [9.17, 15) is 9.90 Å². The van der Waals surface area contributed by atoms with Crippen LogP contribution in [0.2, 0.25) is 0 Å². The number of para-hydroxylation sites is 1. The summed E-state index contributed by atoms with van der Waals surface area (Å²) in [7, 11) is 3.06. The summed E-state index contributed by atoms with van der Waals surface area (Å²) < 4.78 is 10.5. The number of amides is 1. The molecule has 4 rings (SSSR count). The summed E-state index contributed by atoms with van der Waals surface area (Å²) in [5.74, 6) is 0.716. The first-order valence-electron chi connectivity index (χ1n) is 9.07. The highest BCUT2D eigenvalue weighted by Gasteiger charge is 2.36. The maximum absolute atomic E-state index is 13.3. The Balaban J connectivity index is 1.77. The van der Waals surface area contributed by atoms with Gasteiger partial charge in [0.05, 0.1) is 30.9 Å². The van der Waals surface area contributed by atoms with Gasteiger partial charge in [0, 0.05) is 17.5 Å². The van der Waals surface area contributed by atoms with Crippen LogP contribution in [0.25, 0.3) is 0 Å². The van der Waals surface area contributed by atoms with Crippen LogP contribution >= 0.6 is 11.3 Å². The third-order valence-corrected chi connectivity index (χ3v) is 5.77. The normalized spacial score (nSPS) is 15.9. The predicted octanol–water partition coefficient (Wildman–Crippen LogP) is 4.46. The summed E-state index contributed by atoms with van der Waals surface area (Å²) in [6.45, 7) is 0. The van der Waals surface area contributed by atoms with E-state index in [1.165, 1.54) is 12.1 Å². The van der Waals surface area contributed by atoms with Gasteiger partial charge in [0.2, 0.25) is 0 Å². The van der Waals surface area contributed by atoms with Crippen LogP contribution < -0.4 is 9.47 Å². The Kier molecular flexibility index (Phi) is 5.22. The third-order valence-electron chi connectivity index (χ3n) is 4.85. The minimum absolute atomic E-state index is 0.0195. The van der Waals surface area contributed by atoms with Gasteiger partial charge in [0.25, 0.3) is 5.91 Å². The minimum atomic E-state index is -0.444. The molecule has 0 saturated carbocycles. The van der Waals surface area contributed by atoms with Crippen molar-refractivity contribution in [3.05, 3.63) is 76.0 Å². The summed E-state index contributed by atoms with van der Waals surface area (Å²) in [5, 5.41) is 18.7. The number of nitrogens with zero attached hydrogens (tertiary/aromatic N) is 2. The van der Waals surface area contributed by atoms with Crippen LogP contribution in [-0.4, -0.2) is 36.0 Å². The molecule has 1 aliphatic rings. The predicted molar refractivity (Wildman–Crippen MR) is 112 cm³/mol. The van der Waals surface area contributed by atoms with E-state index in [0.29, 0.717) is 29.0 Å². The lowest BCUT2D eigenvalue weighted by atomic mass is 9.99. The Morgan fingerprint density at radius 2 is 1.97 bits per heavy atom. The first-order valence-corrected chi connectivity index (χ1v) is 9.95. The third kappa shape index (κ3) is 3.56.